The summed E-state index contributed by atoms with van der Waals surface area (Å²) in [5.41, 5.74) is 5.69. The molecule has 0 bridgehead atoms. The van der Waals surface area contributed by atoms with E-state index in [0.717, 1.165) is 0 Å². The highest BCUT2D eigenvalue weighted by atomic mass is 16.2. The Morgan fingerprint density at radius 1 is 1.00 bits per heavy atom. The molecule has 0 saturated carbocycles. The van der Waals surface area contributed by atoms with E-state index >= 15 is 0 Å². The van der Waals surface area contributed by atoms with Crippen molar-refractivity contribution in [1.82, 2.24) is 5.32 Å². The van der Waals surface area contributed by atoms with Crippen LogP contribution >= 0.6 is 0 Å². The van der Waals surface area contributed by atoms with E-state index < -0.39 is 35.2 Å². The predicted octanol–water partition coefficient (Wildman–Crippen LogP) is 0.877. The molecule has 3 aliphatic rings. The van der Waals surface area contributed by atoms with Gasteiger partial charge in [-0.2, -0.15) is 0 Å². The third kappa shape index (κ3) is 2.37. The second-order valence-corrected chi connectivity index (χ2v) is 7.91. The van der Waals surface area contributed by atoms with E-state index in [0.29, 0.717) is 16.9 Å². The van der Waals surface area contributed by atoms with Gasteiger partial charge in [-0.15, -0.1) is 0 Å². The number of nitrogens with two attached hydrogens (primary N) is 1. The lowest BCUT2D eigenvalue weighted by molar-refractivity contribution is -0.130. The lowest BCUT2D eigenvalue weighted by atomic mass is 9.76. The lowest BCUT2D eigenvalue weighted by Gasteiger charge is -2.29. The van der Waals surface area contributed by atoms with Crippen LogP contribution in [0, 0.1) is 11.8 Å². The average Bonchev–Trinajstić information content (AvgIpc) is 3.32. The minimum absolute atomic E-state index is 0.0487. The van der Waals surface area contributed by atoms with Gasteiger partial charge in [0.15, 0.2) is 0 Å². The maximum atomic E-state index is 13.6. The molecule has 4 atom stereocenters. The van der Waals surface area contributed by atoms with Gasteiger partial charge in [-0.05, 0) is 24.6 Å². The summed E-state index contributed by atoms with van der Waals surface area (Å²) in [7, 11) is 0. The topological polar surface area (TPSA) is 122 Å². The monoisotopic (exact) mass is 404 g/mol. The first kappa shape index (κ1) is 18.5. The van der Waals surface area contributed by atoms with Crippen molar-refractivity contribution in [1.29, 1.82) is 0 Å². The summed E-state index contributed by atoms with van der Waals surface area (Å²) in [5.74, 6) is -3.33. The number of benzene rings is 2. The predicted molar refractivity (Wildman–Crippen MR) is 108 cm³/mol. The third-order valence-corrected chi connectivity index (χ3v) is 6.34. The molecule has 8 nitrogen and oxygen atoms in total. The van der Waals surface area contributed by atoms with Gasteiger partial charge in [-0.1, -0.05) is 36.4 Å². The van der Waals surface area contributed by atoms with E-state index in [1.165, 1.54) is 4.90 Å². The number of amides is 4. The maximum absolute atomic E-state index is 13.6. The molecule has 0 aliphatic carbocycles. The van der Waals surface area contributed by atoms with Gasteiger partial charge in [0.05, 0.1) is 17.5 Å². The maximum Gasteiger partial charge on any atom is 0.250 e. The molecule has 2 saturated heterocycles. The van der Waals surface area contributed by atoms with Crippen molar-refractivity contribution in [2.24, 2.45) is 17.6 Å². The molecular weight excluding hydrogens is 384 g/mol. The van der Waals surface area contributed by atoms with Crippen molar-refractivity contribution in [3.8, 4) is 0 Å². The van der Waals surface area contributed by atoms with Gasteiger partial charge >= 0.3 is 0 Å². The first-order valence-corrected chi connectivity index (χ1v) is 9.85. The Morgan fingerprint density at radius 2 is 1.70 bits per heavy atom. The van der Waals surface area contributed by atoms with Crippen molar-refractivity contribution in [2.75, 3.05) is 10.2 Å². The standard InChI is InChI=1S/C22H20N4O4/c23-16(27)11-10-15-17-18(20(29)26(19(17)28)12-6-2-1-3-7-12)22(25-15)13-8-4-5-9-14(13)24-21(22)30/h1-9,15,17-18,25H,10-11H2,(H2,23,27)(H,24,30)/t15-,17+,18+,22-/m0/s1. The molecule has 8 heteroatoms. The summed E-state index contributed by atoms with van der Waals surface area (Å²) >= 11 is 0. The number of hydrogen-bond acceptors (Lipinski definition) is 5. The number of anilines is 2. The fraction of sp³-hybridized carbons (Fsp3) is 0.273. The number of hydrogen-bond donors (Lipinski definition) is 3. The first-order chi connectivity index (χ1) is 14.4. The number of carbonyl (C=O) groups excluding carboxylic acids is 4. The van der Waals surface area contributed by atoms with Gasteiger partial charge in [0, 0.05) is 23.7 Å². The molecule has 0 aromatic heterocycles. The molecule has 5 rings (SSSR count). The summed E-state index contributed by atoms with van der Waals surface area (Å²) in [5, 5.41) is 6.12. The van der Waals surface area contributed by atoms with Crippen LogP contribution in [0.5, 0.6) is 0 Å². The van der Waals surface area contributed by atoms with Crippen molar-refractivity contribution in [3.63, 3.8) is 0 Å². The van der Waals surface area contributed by atoms with E-state index in [-0.39, 0.29) is 24.7 Å². The van der Waals surface area contributed by atoms with Gasteiger partial charge in [0.25, 0.3) is 0 Å². The Hall–Kier alpha value is -3.52. The zero-order valence-electron chi connectivity index (χ0n) is 16.0. The zero-order chi connectivity index (χ0) is 21.0. The van der Waals surface area contributed by atoms with Crippen molar-refractivity contribution >= 4 is 35.0 Å². The number of para-hydroxylation sites is 2. The molecule has 1 spiro atoms. The average molecular weight is 404 g/mol. The number of nitrogens with one attached hydrogen (secondary N) is 2. The highest BCUT2D eigenvalue weighted by Crippen LogP contribution is 2.53. The molecule has 3 heterocycles. The fourth-order valence-electron chi connectivity index (χ4n) is 5.14. The minimum atomic E-state index is -1.36. The SMILES string of the molecule is NC(=O)CC[C@@H]1N[C@]2(C(=O)Nc3ccccc32)[C@H]2C(=O)N(c3ccccc3)C(=O)[C@H]12. The largest absolute Gasteiger partial charge is 0.370 e. The number of carbonyl (C=O) groups is 4. The highest BCUT2D eigenvalue weighted by Gasteiger charge is 2.70. The molecule has 2 aromatic rings. The highest BCUT2D eigenvalue weighted by molar-refractivity contribution is 6.25. The summed E-state index contributed by atoms with van der Waals surface area (Å²) in [6.07, 6.45) is 0.308. The molecule has 2 aromatic carbocycles. The second-order valence-electron chi connectivity index (χ2n) is 7.91. The molecule has 0 unspecified atom stereocenters. The van der Waals surface area contributed by atoms with Gasteiger partial charge in [-0.25, -0.2) is 4.90 Å². The van der Waals surface area contributed by atoms with Crippen molar-refractivity contribution in [2.45, 2.75) is 24.4 Å². The van der Waals surface area contributed by atoms with Crippen LogP contribution < -0.4 is 21.3 Å². The fourth-order valence-corrected chi connectivity index (χ4v) is 5.14. The van der Waals surface area contributed by atoms with Crippen LogP contribution in [-0.2, 0) is 24.7 Å². The molecule has 152 valence electrons. The van der Waals surface area contributed by atoms with E-state index in [1.54, 1.807) is 54.6 Å². The number of imide groups is 1. The Kier molecular flexibility index (Phi) is 4.01. The number of fused-ring (bicyclic) bond motifs is 4. The molecular formula is C22H20N4O4. The summed E-state index contributed by atoms with van der Waals surface area (Å²) < 4.78 is 0. The molecule has 4 amide bonds. The molecule has 30 heavy (non-hydrogen) atoms. The minimum Gasteiger partial charge on any atom is -0.370 e. The molecule has 4 N–H and O–H groups in total. The Bertz CT molecular complexity index is 1090. The normalized spacial score (nSPS) is 29.3. The van der Waals surface area contributed by atoms with Crippen LogP contribution in [-0.4, -0.2) is 29.7 Å². The van der Waals surface area contributed by atoms with Crippen molar-refractivity contribution in [3.05, 3.63) is 60.2 Å². The first-order valence-electron chi connectivity index (χ1n) is 9.85. The smallest absolute Gasteiger partial charge is 0.250 e. The Morgan fingerprint density at radius 3 is 2.43 bits per heavy atom. The summed E-state index contributed by atoms with van der Waals surface area (Å²) in [6.45, 7) is 0. The van der Waals surface area contributed by atoms with E-state index in [9.17, 15) is 19.2 Å². The molecule has 0 radical (unpaired) electrons. The van der Waals surface area contributed by atoms with E-state index in [4.69, 9.17) is 5.73 Å². The van der Waals surface area contributed by atoms with Crippen LogP contribution in [0.4, 0.5) is 11.4 Å². The van der Waals surface area contributed by atoms with E-state index in [2.05, 4.69) is 10.6 Å². The number of primary amides is 1. The Balaban J connectivity index is 1.65. The van der Waals surface area contributed by atoms with Gasteiger partial charge in [-0.3, -0.25) is 24.5 Å². The Labute approximate surface area is 172 Å². The van der Waals surface area contributed by atoms with Gasteiger partial charge < -0.3 is 11.1 Å². The number of nitrogens with zero attached hydrogens (tertiary/aromatic N) is 1. The third-order valence-electron chi connectivity index (χ3n) is 6.34. The van der Waals surface area contributed by atoms with Crippen LogP contribution in [0.15, 0.2) is 54.6 Å². The van der Waals surface area contributed by atoms with Crippen LogP contribution in [0.2, 0.25) is 0 Å². The van der Waals surface area contributed by atoms with Crippen molar-refractivity contribution < 1.29 is 19.2 Å². The van der Waals surface area contributed by atoms with Crippen LogP contribution in [0.25, 0.3) is 0 Å². The molecule has 3 aliphatic heterocycles. The second kappa shape index (κ2) is 6.50. The lowest BCUT2D eigenvalue weighted by Crippen LogP contribution is -2.53. The van der Waals surface area contributed by atoms with Gasteiger partial charge in [0.1, 0.15) is 5.54 Å². The molecule has 2 fully saturated rings. The van der Waals surface area contributed by atoms with Gasteiger partial charge in [0.2, 0.25) is 23.6 Å². The summed E-state index contributed by atoms with van der Waals surface area (Å²) in [6, 6.07) is 15.3. The quantitative estimate of drug-likeness (QED) is 0.653. The summed E-state index contributed by atoms with van der Waals surface area (Å²) in [4.78, 5) is 52.8. The zero-order valence-corrected chi connectivity index (χ0v) is 16.0. The van der Waals surface area contributed by atoms with Crippen LogP contribution in [0.1, 0.15) is 18.4 Å². The van der Waals surface area contributed by atoms with E-state index in [1.807, 2.05) is 0 Å². The number of rotatable bonds is 4. The van der Waals surface area contributed by atoms with Crippen LogP contribution in [0.3, 0.4) is 0 Å².